The largest absolute Gasteiger partial charge is 0.415 e. The van der Waals surface area contributed by atoms with Crippen LogP contribution in [0.4, 0.5) is 20.4 Å². The summed E-state index contributed by atoms with van der Waals surface area (Å²) in [6, 6.07) is 10.0. The van der Waals surface area contributed by atoms with E-state index in [1.807, 2.05) is 31.2 Å². The number of aromatic nitrogens is 3. The second-order valence-corrected chi connectivity index (χ2v) is 12.9. The molecule has 4 heterocycles. The molecule has 1 saturated heterocycles. The monoisotopic (exact) mass is 609 g/mol. The SMILES string of the molecule is Cc1cc(Nc2cc(C(F)F)ccn2)nc(-c2ccc([C@](C)(O)C3CCC(C(=O)OC[N+]4(C)CCN(C)CC4)CC3)nc2)c1. The second kappa shape index (κ2) is 13.2. The molecule has 0 aromatic carbocycles. The van der Waals surface area contributed by atoms with Gasteiger partial charge in [-0.25, -0.2) is 18.7 Å². The van der Waals surface area contributed by atoms with Gasteiger partial charge in [-0.15, -0.1) is 0 Å². The molecule has 236 valence electrons. The number of halogens is 2. The van der Waals surface area contributed by atoms with Crippen molar-refractivity contribution in [3.63, 3.8) is 0 Å². The van der Waals surface area contributed by atoms with Crippen molar-refractivity contribution in [3.8, 4) is 11.3 Å². The van der Waals surface area contributed by atoms with Crippen LogP contribution in [0, 0.1) is 18.8 Å². The van der Waals surface area contributed by atoms with Crippen molar-refractivity contribution in [2.45, 2.75) is 51.6 Å². The van der Waals surface area contributed by atoms with Gasteiger partial charge in [-0.1, -0.05) is 0 Å². The highest BCUT2D eigenvalue weighted by Gasteiger charge is 2.40. The quantitative estimate of drug-likeness (QED) is 0.245. The number of ether oxygens (including phenoxy) is 1. The van der Waals surface area contributed by atoms with Crippen LogP contribution in [-0.4, -0.2) is 82.4 Å². The van der Waals surface area contributed by atoms with Gasteiger partial charge in [0.1, 0.15) is 17.2 Å². The molecule has 0 bridgehead atoms. The summed E-state index contributed by atoms with van der Waals surface area (Å²) in [5.41, 5.74) is 1.64. The molecule has 3 aromatic rings. The van der Waals surface area contributed by atoms with Crippen molar-refractivity contribution in [2.24, 2.45) is 11.8 Å². The molecule has 0 unspecified atom stereocenters. The maximum atomic E-state index is 13.1. The summed E-state index contributed by atoms with van der Waals surface area (Å²) in [7, 11) is 4.26. The molecule has 0 amide bonds. The van der Waals surface area contributed by atoms with Gasteiger partial charge in [-0.2, -0.15) is 0 Å². The Hall–Kier alpha value is -3.54. The van der Waals surface area contributed by atoms with Crippen molar-refractivity contribution in [2.75, 3.05) is 52.3 Å². The van der Waals surface area contributed by atoms with Gasteiger partial charge < -0.3 is 15.2 Å². The Bertz CT molecular complexity index is 1440. The molecule has 2 aliphatic rings. The zero-order chi connectivity index (χ0) is 31.5. The average Bonchev–Trinajstić information content (AvgIpc) is 3.01. The number of rotatable bonds is 9. The molecule has 44 heavy (non-hydrogen) atoms. The summed E-state index contributed by atoms with van der Waals surface area (Å²) in [6.45, 7) is 8.08. The predicted octanol–water partition coefficient (Wildman–Crippen LogP) is 5.43. The summed E-state index contributed by atoms with van der Waals surface area (Å²) in [4.78, 5) is 28.6. The van der Waals surface area contributed by atoms with Crippen molar-refractivity contribution in [3.05, 3.63) is 65.6 Å². The van der Waals surface area contributed by atoms with Gasteiger partial charge in [0, 0.05) is 36.6 Å². The molecule has 3 aromatic heterocycles. The first-order chi connectivity index (χ1) is 20.9. The van der Waals surface area contributed by atoms with Crippen LogP contribution in [0.3, 0.4) is 0 Å². The van der Waals surface area contributed by atoms with Crippen LogP contribution in [0.1, 0.15) is 55.9 Å². The molecule has 5 rings (SSSR count). The van der Waals surface area contributed by atoms with E-state index >= 15 is 0 Å². The van der Waals surface area contributed by atoms with Gasteiger partial charge in [-0.3, -0.25) is 19.2 Å². The summed E-state index contributed by atoms with van der Waals surface area (Å²) in [5, 5.41) is 14.6. The second-order valence-electron chi connectivity index (χ2n) is 12.9. The maximum Gasteiger partial charge on any atom is 0.313 e. The highest BCUT2D eigenvalue weighted by Crippen LogP contribution is 2.41. The fourth-order valence-electron chi connectivity index (χ4n) is 6.12. The number of quaternary nitrogens is 1. The smallest absolute Gasteiger partial charge is 0.313 e. The maximum absolute atomic E-state index is 13.1. The summed E-state index contributed by atoms with van der Waals surface area (Å²) >= 11 is 0. The molecule has 1 saturated carbocycles. The van der Waals surface area contributed by atoms with Crippen LogP contribution in [0.5, 0.6) is 0 Å². The number of alkyl halides is 2. The fraction of sp³-hybridized carbons (Fsp3) is 0.515. The number of pyridine rings is 3. The van der Waals surface area contributed by atoms with E-state index in [4.69, 9.17) is 4.74 Å². The van der Waals surface area contributed by atoms with Crippen molar-refractivity contribution >= 4 is 17.6 Å². The number of nitrogens with one attached hydrogen (secondary N) is 1. The van der Waals surface area contributed by atoms with Crippen molar-refractivity contribution < 1.29 is 27.9 Å². The molecule has 9 nitrogen and oxygen atoms in total. The Labute approximate surface area is 257 Å². The van der Waals surface area contributed by atoms with Gasteiger partial charge in [0.15, 0.2) is 0 Å². The highest BCUT2D eigenvalue weighted by atomic mass is 19.3. The first kappa shape index (κ1) is 31.9. The van der Waals surface area contributed by atoms with Crippen LogP contribution in [0.25, 0.3) is 11.3 Å². The number of carbonyl (C=O) groups is 1. The number of hydrogen-bond donors (Lipinski definition) is 2. The molecule has 0 spiro atoms. The number of anilines is 2. The number of carbonyl (C=O) groups excluding carboxylic acids is 1. The van der Waals surface area contributed by atoms with Crippen LogP contribution < -0.4 is 5.32 Å². The van der Waals surface area contributed by atoms with E-state index in [0.29, 0.717) is 49.6 Å². The number of piperazine rings is 1. The minimum atomic E-state index is -2.59. The normalized spacial score (nSPS) is 21.9. The lowest BCUT2D eigenvalue weighted by atomic mass is 9.73. The summed E-state index contributed by atoms with van der Waals surface area (Å²) in [6.07, 6.45) is 3.23. The van der Waals surface area contributed by atoms with Crippen LogP contribution >= 0.6 is 0 Å². The number of hydrogen-bond acceptors (Lipinski definition) is 8. The third-order valence-corrected chi connectivity index (χ3v) is 9.26. The van der Waals surface area contributed by atoms with Gasteiger partial charge in [0.2, 0.25) is 6.73 Å². The van der Waals surface area contributed by atoms with E-state index in [9.17, 15) is 18.7 Å². The molecule has 2 N–H and O–H groups in total. The van der Waals surface area contributed by atoms with E-state index in [-0.39, 0.29) is 29.2 Å². The molecule has 1 aliphatic heterocycles. The van der Waals surface area contributed by atoms with E-state index in [1.54, 1.807) is 13.1 Å². The average molecular weight is 610 g/mol. The van der Waals surface area contributed by atoms with Crippen LogP contribution in [-0.2, 0) is 15.1 Å². The zero-order valence-electron chi connectivity index (χ0n) is 26.0. The number of likely N-dealkylation sites (N-methyl/N-ethyl adjacent to an activating group) is 2. The first-order valence-electron chi connectivity index (χ1n) is 15.3. The summed E-state index contributed by atoms with van der Waals surface area (Å²) in [5.74, 6) is 0.465. The van der Waals surface area contributed by atoms with Gasteiger partial charge in [0.25, 0.3) is 6.43 Å². The Morgan fingerprint density at radius 2 is 1.84 bits per heavy atom. The molecule has 11 heteroatoms. The third kappa shape index (κ3) is 7.57. The Balaban J connectivity index is 1.19. The molecule has 2 fully saturated rings. The fourth-order valence-corrected chi connectivity index (χ4v) is 6.12. The molecule has 1 aliphatic carbocycles. The van der Waals surface area contributed by atoms with E-state index < -0.39 is 12.0 Å². The van der Waals surface area contributed by atoms with Crippen molar-refractivity contribution in [1.82, 2.24) is 19.9 Å². The molecule has 0 radical (unpaired) electrons. The minimum absolute atomic E-state index is 0.0310. The van der Waals surface area contributed by atoms with Gasteiger partial charge in [-0.05, 0) is 94.5 Å². The highest BCUT2D eigenvalue weighted by molar-refractivity contribution is 5.72. The minimum Gasteiger partial charge on any atom is -0.415 e. The van der Waals surface area contributed by atoms with Gasteiger partial charge >= 0.3 is 5.97 Å². The predicted molar refractivity (Wildman–Crippen MR) is 164 cm³/mol. The Morgan fingerprint density at radius 1 is 1.11 bits per heavy atom. The van der Waals surface area contributed by atoms with E-state index in [0.717, 1.165) is 41.8 Å². The first-order valence-corrected chi connectivity index (χ1v) is 15.3. The molecule has 1 atom stereocenters. The summed E-state index contributed by atoms with van der Waals surface area (Å²) < 4.78 is 32.8. The van der Waals surface area contributed by atoms with Crippen LogP contribution in [0.15, 0.2) is 48.8 Å². The van der Waals surface area contributed by atoms with E-state index in [2.05, 4.69) is 39.3 Å². The van der Waals surface area contributed by atoms with Crippen molar-refractivity contribution in [1.29, 1.82) is 0 Å². The lowest BCUT2D eigenvalue weighted by Crippen LogP contribution is -2.57. The molecular weight excluding hydrogens is 566 g/mol. The van der Waals surface area contributed by atoms with Crippen LogP contribution in [0.2, 0.25) is 0 Å². The lowest BCUT2D eigenvalue weighted by Gasteiger charge is -2.40. The zero-order valence-corrected chi connectivity index (χ0v) is 26.0. The number of aryl methyl sites for hydroxylation is 1. The lowest BCUT2D eigenvalue weighted by molar-refractivity contribution is -0.929. The molecular formula is C33H43F2N6O3+. The Morgan fingerprint density at radius 3 is 2.50 bits per heavy atom. The van der Waals surface area contributed by atoms with E-state index in [1.165, 1.54) is 18.3 Å². The number of nitrogens with zero attached hydrogens (tertiary/aromatic N) is 5. The topological polar surface area (TPSA) is 100 Å². The third-order valence-electron chi connectivity index (χ3n) is 9.26. The van der Waals surface area contributed by atoms with Gasteiger partial charge in [0.05, 0.1) is 37.4 Å². The Kier molecular flexibility index (Phi) is 9.57. The number of aliphatic hydroxyl groups is 1. The number of esters is 1. The standard InChI is InChI=1S/C33H43F2N6O3/c1-22-17-27(38-30(18-22)39-29-19-24(31(34)35)11-12-36-29)25-7-10-28(37-20-25)33(2,43)26-8-5-23(6-9-26)32(42)44-21-41(4)15-13-40(3)14-16-41/h7,10-12,17-20,23,26,31,43H,5-6,8-9,13-16,21H2,1-4H3,(H,36,38,39)/q+1/t23?,26?,33-/m1/s1.